The highest BCUT2D eigenvalue weighted by molar-refractivity contribution is 5.69. The van der Waals surface area contributed by atoms with Crippen molar-refractivity contribution in [3.63, 3.8) is 0 Å². The third kappa shape index (κ3) is 47.2. The largest absolute Gasteiger partial charge is 0.462 e. The second kappa shape index (κ2) is 51.0. The van der Waals surface area contributed by atoms with Gasteiger partial charge in [-0.25, -0.2) is 4.79 Å². The molecule has 0 aliphatic heterocycles. The third-order valence-electron chi connectivity index (χ3n) is 13.3. The number of carbonyl (C=O) groups excluding carboxylic acids is 3. The van der Waals surface area contributed by atoms with Gasteiger partial charge in [0.05, 0.1) is 0 Å². The first-order valence-electron chi connectivity index (χ1n) is 28.9. The zero-order chi connectivity index (χ0) is 48.4. The van der Waals surface area contributed by atoms with Crippen LogP contribution in [0.4, 0.5) is 4.79 Å². The Hall–Kier alpha value is -1.87. The van der Waals surface area contributed by atoms with E-state index in [4.69, 9.17) is 14.2 Å². The van der Waals surface area contributed by atoms with Crippen LogP contribution in [0, 0.1) is 0 Å². The number of ether oxygens (including phenoxy) is 3. The van der Waals surface area contributed by atoms with Gasteiger partial charge in [-0.1, -0.05) is 195 Å². The van der Waals surface area contributed by atoms with Crippen molar-refractivity contribution in [2.75, 3.05) is 53.4 Å². The maximum absolute atomic E-state index is 12.9. The molecule has 392 valence electrons. The van der Waals surface area contributed by atoms with E-state index in [1.807, 2.05) is 19.0 Å². The lowest BCUT2D eigenvalue weighted by Gasteiger charge is -2.22. The number of rotatable bonds is 52. The molecule has 0 atom stereocenters. The molecular formula is C57H113N3O6. The van der Waals surface area contributed by atoms with Gasteiger partial charge in [0, 0.05) is 32.5 Å². The van der Waals surface area contributed by atoms with Crippen molar-refractivity contribution in [1.29, 1.82) is 0 Å². The molecular weight excluding hydrogens is 823 g/mol. The molecule has 0 fully saturated rings. The zero-order valence-electron chi connectivity index (χ0n) is 45.0. The number of alkyl carbamates (subject to hydrolysis) is 1. The lowest BCUT2D eigenvalue weighted by atomic mass is 10.0. The van der Waals surface area contributed by atoms with Crippen molar-refractivity contribution in [3.8, 4) is 0 Å². The fourth-order valence-electron chi connectivity index (χ4n) is 8.93. The predicted octanol–water partition coefficient (Wildman–Crippen LogP) is 16.1. The van der Waals surface area contributed by atoms with Gasteiger partial charge in [-0.05, 0) is 104 Å². The Balaban J connectivity index is 4.71. The van der Waals surface area contributed by atoms with Crippen LogP contribution >= 0.6 is 0 Å². The maximum atomic E-state index is 12.9. The van der Waals surface area contributed by atoms with Gasteiger partial charge >= 0.3 is 18.0 Å². The van der Waals surface area contributed by atoms with Crippen molar-refractivity contribution < 1.29 is 28.6 Å². The molecule has 0 bridgehead atoms. The van der Waals surface area contributed by atoms with Crippen molar-refractivity contribution >= 4 is 18.0 Å². The summed E-state index contributed by atoms with van der Waals surface area (Å²) in [4.78, 5) is 42.6. The second-order valence-corrected chi connectivity index (χ2v) is 20.2. The van der Waals surface area contributed by atoms with Gasteiger partial charge in [0.1, 0.15) is 18.8 Å². The molecule has 0 unspecified atom stereocenters. The molecule has 0 spiro atoms. The Morgan fingerprint density at radius 2 is 0.712 bits per heavy atom. The van der Waals surface area contributed by atoms with E-state index in [0.717, 1.165) is 116 Å². The number of nitrogens with zero attached hydrogens (tertiary/aromatic N) is 2. The molecule has 9 nitrogen and oxygen atoms in total. The van der Waals surface area contributed by atoms with E-state index in [1.54, 1.807) is 0 Å². The predicted molar refractivity (Wildman–Crippen MR) is 281 cm³/mol. The van der Waals surface area contributed by atoms with E-state index < -0.39 is 0 Å². The van der Waals surface area contributed by atoms with Gasteiger partial charge < -0.3 is 24.4 Å². The Morgan fingerprint density at radius 1 is 0.394 bits per heavy atom. The first kappa shape index (κ1) is 64.1. The summed E-state index contributed by atoms with van der Waals surface area (Å²) in [6.07, 6.45) is 46.1. The Morgan fingerprint density at radius 3 is 1.06 bits per heavy atom. The van der Waals surface area contributed by atoms with E-state index in [9.17, 15) is 14.4 Å². The summed E-state index contributed by atoms with van der Waals surface area (Å²) in [6.45, 7) is 13.5. The molecule has 0 radical (unpaired) electrons. The van der Waals surface area contributed by atoms with Crippen molar-refractivity contribution in [1.82, 2.24) is 15.1 Å². The molecule has 0 saturated carbocycles. The highest BCUT2D eigenvalue weighted by atomic mass is 16.6. The molecule has 0 aliphatic carbocycles. The van der Waals surface area contributed by atoms with E-state index in [2.05, 4.69) is 37.9 Å². The highest BCUT2D eigenvalue weighted by Crippen LogP contribution is 2.20. The number of carbonyl (C=O) groups is 3. The fourth-order valence-corrected chi connectivity index (χ4v) is 8.93. The van der Waals surface area contributed by atoms with Crippen molar-refractivity contribution in [2.24, 2.45) is 0 Å². The van der Waals surface area contributed by atoms with E-state index in [-0.39, 0.29) is 30.2 Å². The van der Waals surface area contributed by atoms with Crippen molar-refractivity contribution in [3.05, 3.63) is 0 Å². The molecule has 1 amide bonds. The SMILES string of the molecule is CCCCCCCCC(CCCCCCCC)OC(=O)CCCCCCCN(CCCCCCCC(=O)OC(CCCCCCCC)CCCCCCCC)CCOC(=O)NCCN(C)C. The highest BCUT2D eigenvalue weighted by Gasteiger charge is 2.16. The molecule has 0 saturated heterocycles. The van der Waals surface area contributed by atoms with Crippen molar-refractivity contribution in [2.45, 2.75) is 297 Å². The van der Waals surface area contributed by atoms with Crippen LogP contribution in [0.5, 0.6) is 0 Å². The van der Waals surface area contributed by atoms with E-state index in [1.165, 1.54) is 154 Å². The van der Waals surface area contributed by atoms with Crippen LogP contribution in [-0.2, 0) is 23.8 Å². The Bertz CT molecular complexity index is 948. The Kier molecular flexibility index (Phi) is 49.5. The smallest absolute Gasteiger partial charge is 0.407 e. The lowest BCUT2D eigenvalue weighted by molar-refractivity contribution is -0.151. The lowest BCUT2D eigenvalue weighted by Crippen LogP contribution is -2.35. The van der Waals surface area contributed by atoms with Gasteiger partial charge in [0.15, 0.2) is 0 Å². The van der Waals surface area contributed by atoms with Crippen LogP contribution in [0.15, 0.2) is 0 Å². The van der Waals surface area contributed by atoms with Gasteiger partial charge in [0.2, 0.25) is 0 Å². The topological polar surface area (TPSA) is 97.4 Å². The van der Waals surface area contributed by atoms with Crippen LogP contribution < -0.4 is 5.32 Å². The fraction of sp³-hybridized carbons (Fsp3) is 0.947. The number of hydrogen-bond donors (Lipinski definition) is 1. The van der Waals surface area contributed by atoms with E-state index in [0.29, 0.717) is 26.0 Å². The standard InChI is InChI=1S/C57H113N3O6/c1-7-11-15-19-25-33-41-53(42-34-26-20-16-12-8-2)65-55(61)45-37-29-23-31-39-48-60(51-52-64-57(63)58-47-50-59(5)6)49-40-32-24-30-38-46-56(62)66-54(43-35-27-21-17-13-9-3)44-36-28-22-18-14-10-4/h53-54H,7-52H2,1-6H3,(H,58,63). The van der Waals surface area contributed by atoms with E-state index >= 15 is 0 Å². The number of hydrogen-bond acceptors (Lipinski definition) is 8. The Labute approximate surface area is 410 Å². The van der Waals surface area contributed by atoms with Crippen LogP contribution in [0.25, 0.3) is 0 Å². The number of nitrogens with one attached hydrogen (secondary N) is 1. The van der Waals surface area contributed by atoms with Crippen LogP contribution in [-0.4, -0.2) is 93.5 Å². The van der Waals surface area contributed by atoms with Crippen LogP contribution in [0.1, 0.15) is 285 Å². The molecule has 0 rings (SSSR count). The first-order chi connectivity index (χ1) is 32.2. The number of esters is 2. The number of likely N-dealkylation sites (N-methyl/N-ethyl adjacent to an activating group) is 1. The maximum Gasteiger partial charge on any atom is 0.407 e. The van der Waals surface area contributed by atoms with Crippen LogP contribution in [0.3, 0.4) is 0 Å². The zero-order valence-corrected chi connectivity index (χ0v) is 45.0. The summed E-state index contributed by atoms with van der Waals surface area (Å²) >= 11 is 0. The summed E-state index contributed by atoms with van der Waals surface area (Å²) in [6, 6.07) is 0. The minimum Gasteiger partial charge on any atom is -0.462 e. The molecule has 9 heteroatoms. The molecule has 1 N–H and O–H groups in total. The molecule has 0 aromatic rings. The number of amides is 1. The quantitative estimate of drug-likeness (QED) is 0.0366. The van der Waals surface area contributed by atoms with Crippen LogP contribution in [0.2, 0.25) is 0 Å². The molecule has 66 heavy (non-hydrogen) atoms. The van der Waals surface area contributed by atoms with Gasteiger partial charge in [-0.2, -0.15) is 0 Å². The summed E-state index contributed by atoms with van der Waals surface area (Å²) in [5, 5.41) is 2.85. The summed E-state index contributed by atoms with van der Waals surface area (Å²) < 4.78 is 17.7. The van der Waals surface area contributed by atoms with Gasteiger partial charge in [-0.3, -0.25) is 14.5 Å². The summed E-state index contributed by atoms with van der Waals surface area (Å²) in [5.41, 5.74) is 0. The molecule has 0 heterocycles. The minimum absolute atomic E-state index is 0.0000646. The van der Waals surface area contributed by atoms with Gasteiger partial charge in [-0.15, -0.1) is 0 Å². The molecule has 0 aromatic heterocycles. The molecule has 0 aliphatic rings. The first-order valence-corrected chi connectivity index (χ1v) is 28.9. The summed E-state index contributed by atoms with van der Waals surface area (Å²) in [7, 11) is 3.98. The molecule has 0 aromatic carbocycles. The second-order valence-electron chi connectivity index (χ2n) is 20.2. The average Bonchev–Trinajstić information content (AvgIpc) is 3.29. The normalized spacial score (nSPS) is 11.7. The third-order valence-corrected chi connectivity index (χ3v) is 13.3. The summed E-state index contributed by atoms with van der Waals surface area (Å²) in [5.74, 6) is 0.000129. The number of unbranched alkanes of at least 4 members (excludes halogenated alkanes) is 28. The van der Waals surface area contributed by atoms with Gasteiger partial charge in [0.25, 0.3) is 0 Å². The monoisotopic (exact) mass is 936 g/mol. The minimum atomic E-state index is -0.346. The average molecular weight is 937 g/mol.